The summed E-state index contributed by atoms with van der Waals surface area (Å²) in [6, 6.07) is 5.18. The molecule has 0 unspecified atom stereocenters. The molecule has 0 atom stereocenters. The Morgan fingerprint density at radius 2 is 1.64 bits per heavy atom. The van der Waals surface area contributed by atoms with E-state index in [2.05, 4.69) is 24.1 Å². The Morgan fingerprint density at radius 3 is 2.14 bits per heavy atom. The van der Waals surface area contributed by atoms with Gasteiger partial charge in [0, 0.05) is 18.2 Å². The molecule has 1 aromatic rings. The van der Waals surface area contributed by atoms with Crippen molar-refractivity contribution in [2.75, 3.05) is 40.4 Å². The zero-order valence-electron chi connectivity index (χ0n) is 14.1. The monoisotopic (exact) mass is 308 g/mol. The fourth-order valence-electron chi connectivity index (χ4n) is 2.24. The van der Waals surface area contributed by atoms with Gasteiger partial charge in [-0.3, -0.25) is 4.79 Å². The van der Waals surface area contributed by atoms with Gasteiger partial charge in [0.15, 0.2) is 0 Å². The predicted octanol–water partition coefficient (Wildman–Crippen LogP) is 2.56. The summed E-state index contributed by atoms with van der Waals surface area (Å²) in [5.41, 5.74) is 0.556. The van der Waals surface area contributed by atoms with Crippen LogP contribution in [0.15, 0.2) is 18.2 Å². The van der Waals surface area contributed by atoms with Crippen LogP contribution in [0.25, 0.3) is 0 Å². The van der Waals surface area contributed by atoms with Crippen LogP contribution in [-0.2, 0) is 0 Å². The zero-order valence-corrected chi connectivity index (χ0v) is 14.1. The smallest absolute Gasteiger partial charge is 0.251 e. The normalized spacial score (nSPS) is 10.6. The number of hydrogen-bond acceptors (Lipinski definition) is 4. The minimum Gasteiger partial charge on any atom is -0.497 e. The van der Waals surface area contributed by atoms with E-state index >= 15 is 0 Å². The summed E-state index contributed by atoms with van der Waals surface area (Å²) >= 11 is 0. The van der Waals surface area contributed by atoms with E-state index in [9.17, 15) is 4.79 Å². The highest BCUT2D eigenvalue weighted by Crippen LogP contribution is 2.22. The molecule has 0 aromatic heterocycles. The first-order valence-corrected chi connectivity index (χ1v) is 7.88. The third kappa shape index (κ3) is 5.93. The summed E-state index contributed by atoms with van der Waals surface area (Å²) in [6.07, 6.45) is 2.06. The molecule has 0 fully saturated rings. The number of benzene rings is 1. The number of ether oxygens (including phenoxy) is 2. The number of carbonyl (C=O) groups is 1. The van der Waals surface area contributed by atoms with Crippen LogP contribution in [0.4, 0.5) is 0 Å². The summed E-state index contributed by atoms with van der Waals surface area (Å²) in [6.45, 7) is 8.25. The van der Waals surface area contributed by atoms with Crippen molar-refractivity contribution in [1.29, 1.82) is 0 Å². The van der Waals surface area contributed by atoms with Gasteiger partial charge in [-0.05, 0) is 44.6 Å². The first-order chi connectivity index (χ1) is 10.6. The van der Waals surface area contributed by atoms with Crippen molar-refractivity contribution >= 4 is 5.91 Å². The van der Waals surface area contributed by atoms with Gasteiger partial charge in [-0.2, -0.15) is 0 Å². The Balaban J connectivity index is 2.42. The summed E-state index contributed by atoms with van der Waals surface area (Å²) in [7, 11) is 3.15. The average Bonchev–Trinajstić information content (AvgIpc) is 2.57. The van der Waals surface area contributed by atoms with Crippen molar-refractivity contribution in [3.63, 3.8) is 0 Å². The van der Waals surface area contributed by atoms with Crippen LogP contribution in [0, 0.1) is 0 Å². The molecule has 124 valence electrons. The minimum absolute atomic E-state index is 0.0972. The second-order valence-corrected chi connectivity index (χ2v) is 5.09. The Labute approximate surface area is 133 Å². The zero-order chi connectivity index (χ0) is 16.4. The van der Waals surface area contributed by atoms with Gasteiger partial charge in [0.1, 0.15) is 11.5 Å². The molecule has 0 aliphatic rings. The molecule has 1 N–H and O–H groups in total. The summed E-state index contributed by atoms with van der Waals surface area (Å²) in [5.74, 6) is 1.14. The topological polar surface area (TPSA) is 50.8 Å². The van der Waals surface area contributed by atoms with Crippen LogP contribution in [0.5, 0.6) is 11.5 Å². The molecule has 0 bridgehead atoms. The van der Waals surface area contributed by atoms with Gasteiger partial charge < -0.3 is 19.7 Å². The molecule has 1 aromatic carbocycles. The maximum absolute atomic E-state index is 12.2. The fourth-order valence-corrected chi connectivity index (χ4v) is 2.24. The lowest BCUT2D eigenvalue weighted by molar-refractivity contribution is 0.0952. The van der Waals surface area contributed by atoms with Gasteiger partial charge in [0.05, 0.1) is 14.2 Å². The van der Waals surface area contributed by atoms with Gasteiger partial charge >= 0.3 is 0 Å². The highest BCUT2D eigenvalue weighted by Gasteiger charge is 2.09. The maximum atomic E-state index is 12.2. The molecule has 5 nitrogen and oxygen atoms in total. The number of nitrogens with zero attached hydrogens (tertiary/aromatic N) is 1. The van der Waals surface area contributed by atoms with Crippen LogP contribution in [0.2, 0.25) is 0 Å². The lowest BCUT2D eigenvalue weighted by Crippen LogP contribution is -2.27. The SMILES string of the molecule is CCN(CC)CCCCNC(=O)c1cc(OC)cc(OC)c1. The highest BCUT2D eigenvalue weighted by atomic mass is 16.5. The van der Waals surface area contributed by atoms with Gasteiger partial charge in [-0.25, -0.2) is 0 Å². The Bertz CT molecular complexity index is 437. The van der Waals surface area contributed by atoms with Crippen molar-refractivity contribution in [3.8, 4) is 11.5 Å². The quantitative estimate of drug-likeness (QED) is 0.675. The van der Waals surface area contributed by atoms with Crippen molar-refractivity contribution in [3.05, 3.63) is 23.8 Å². The second-order valence-electron chi connectivity index (χ2n) is 5.09. The summed E-state index contributed by atoms with van der Waals surface area (Å²) in [4.78, 5) is 14.5. The average molecular weight is 308 g/mol. The highest BCUT2D eigenvalue weighted by molar-refractivity contribution is 5.95. The van der Waals surface area contributed by atoms with E-state index < -0.39 is 0 Å². The number of carbonyl (C=O) groups excluding carboxylic acids is 1. The molecule has 1 rings (SSSR count). The van der Waals surface area contributed by atoms with E-state index in [4.69, 9.17) is 9.47 Å². The molecule has 0 saturated carbocycles. The molecule has 0 saturated heterocycles. The first kappa shape index (κ1) is 18.3. The van der Waals surface area contributed by atoms with Gasteiger partial charge in [0.2, 0.25) is 0 Å². The standard InChI is InChI=1S/C17H28N2O3/c1-5-19(6-2)10-8-7-9-18-17(20)14-11-15(21-3)13-16(12-14)22-4/h11-13H,5-10H2,1-4H3,(H,18,20). The number of unbranched alkanes of at least 4 members (excludes halogenated alkanes) is 1. The maximum Gasteiger partial charge on any atom is 0.251 e. The van der Waals surface area contributed by atoms with Crippen molar-refractivity contribution < 1.29 is 14.3 Å². The third-order valence-electron chi connectivity index (χ3n) is 3.69. The van der Waals surface area contributed by atoms with Crippen LogP contribution >= 0.6 is 0 Å². The van der Waals surface area contributed by atoms with Crippen LogP contribution in [0.3, 0.4) is 0 Å². The Morgan fingerprint density at radius 1 is 1.05 bits per heavy atom. The lowest BCUT2D eigenvalue weighted by atomic mass is 10.2. The van der Waals surface area contributed by atoms with E-state index in [-0.39, 0.29) is 5.91 Å². The lowest BCUT2D eigenvalue weighted by Gasteiger charge is -2.17. The number of methoxy groups -OCH3 is 2. The molecule has 1 amide bonds. The Hall–Kier alpha value is -1.75. The summed E-state index contributed by atoms with van der Waals surface area (Å²) < 4.78 is 10.4. The number of amides is 1. The van der Waals surface area contributed by atoms with Gasteiger partial charge in [0.25, 0.3) is 5.91 Å². The molecule has 22 heavy (non-hydrogen) atoms. The predicted molar refractivity (Wildman–Crippen MR) is 88.9 cm³/mol. The minimum atomic E-state index is -0.0972. The first-order valence-electron chi connectivity index (χ1n) is 7.88. The van der Waals surface area contributed by atoms with E-state index in [1.165, 1.54) is 0 Å². The van der Waals surface area contributed by atoms with Gasteiger partial charge in [-0.1, -0.05) is 13.8 Å². The van der Waals surface area contributed by atoms with Gasteiger partial charge in [-0.15, -0.1) is 0 Å². The van der Waals surface area contributed by atoms with Crippen LogP contribution in [0.1, 0.15) is 37.0 Å². The molecular formula is C17H28N2O3. The Kier molecular flexibility index (Phi) is 8.36. The van der Waals surface area contributed by atoms with Crippen LogP contribution in [-0.4, -0.2) is 51.2 Å². The molecule has 5 heteroatoms. The van der Waals surface area contributed by atoms with Crippen molar-refractivity contribution in [2.45, 2.75) is 26.7 Å². The van der Waals surface area contributed by atoms with E-state index in [0.29, 0.717) is 23.6 Å². The molecule has 0 radical (unpaired) electrons. The third-order valence-corrected chi connectivity index (χ3v) is 3.69. The molecule has 0 aliphatic carbocycles. The number of hydrogen-bond donors (Lipinski definition) is 1. The largest absolute Gasteiger partial charge is 0.497 e. The van der Waals surface area contributed by atoms with Crippen molar-refractivity contribution in [2.24, 2.45) is 0 Å². The number of rotatable bonds is 10. The molecular weight excluding hydrogens is 280 g/mol. The summed E-state index contributed by atoms with van der Waals surface area (Å²) in [5, 5.41) is 2.94. The molecule has 0 aliphatic heterocycles. The van der Waals surface area contributed by atoms with Crippen molar-refractivity contribution in [1.82, 2.24) is 10.2 Å². The van der Waals surface area contributed by atoms with E-state index in [1.54, 1.807) is 32.4 Å². The fraction of sp³-hybridized carbons (Fsp3) is 0.588. The number of nitrogens with one attached hydrogen (secondary N) is 1. The molecule has 0 spiro atoms. The van der Waals surface area contributed by atoms with E-state index in [1.807, 2.05) is 0 Å². The van der Waals surface area contributed by atoms with E-state index in [0.717, 1.165) is 32.5 Å². The van der Waals surface area contributed by atoms with Crippen LogP contribution < -0.4 is 14.8 Å². The second kappa shape index (κ2) is 10.1. The molecule has 0 heterocycles.